The third kappa shape index (κ3) is 2.98. The minimum atomic E-state index is -0.388. The second kappa shape index (κ2) is 6.13. The molecule has 22 heavy (non-hydrogen) atoms. The molecule has 0 amide bonds. The number of fused-ring (bicyclic) bond motifs is 1. The fourth-order valence-corrected chi connectivity index (χ4v) is 2.19. The number of non-ortho nitro benzene ring substituents is 1. The van der Waals surface area contributed by atoms with Crippen LogP contribution < -0.4 is 5.32 Å². The van der Waals surface area contributed by atoms with Crippen LogP contribution in [0, 0.1) is 10.1 Å². The van der Waals surface area contributed by atoms with Crippen molar-refractivity contribution in [2.45, 2.75) is 6.42 Å². The zero-order valence-electron chi connectivity index (χ0n) is 11.6. The van der Waals surface area contributed by atoms with E-state index in [0.29, 0.717) is 24.4 Å². The van der Waals surface area contributed by atoms with E-state index >= 15 is 0 Å². The number of hydrogen-bond acceptors (Lipinski definition) is 6. The average Bonchev–Trinajstić information content (AvgIpc) is 2.55. The van der Waals surface area contributed by atoms with Gasteiger partial charge in [0.2, 0.25) is 0 Å². The highest BCUT2D eigenvalue weighted by molar-refractivity contribution is 5.85. The van der Waals surface area contributed by atoms with Gasteiger partial charge in [-0.15, -0.1) is 0 Å². The number of nitro benzene ring substituents is 1. The van der Waals surface area contributed by atoms with Gasteiger partial charge in [-0.2, -0.15) is 0 Å². The Morgan fingerprint density at radius 3 is 2.91 bits per heavy atom. The molecule has 3 aromatic rings. The van der Waals surface area contributed by atoms with Gasteiger partial charge in [0.05, 0.1) is 10.3 Å². The minimum absolute atomic E-state index is 0.106. The molecule has 3 rings (SSSR count). The van der Waals surface area contributed by atoms with Crippen LogP contribution >= 0.6 is 0 Å². The molecule has 2 aromatic heterocycles. The molecule has 0 radical (unpaired) electrons. The molecule has 0 aliphatic rings. The number of rotatable bonds is 5. The lowest BCUT2D eigenvalue weighted by Crippen LogP contribution is -2.07. The molecule has 0 bridgehead atoms. The Balaban J connectivity index is 1.70. The average molecular weight is 295 g/mol. The minimum Gasteiger partial charge on any atom is -0.369 e. The van der Waals surface area contributed by atoms with E-state index in [4.69, 9.17) is 0 Å². The fraction of sp³-hybridized carbons (Fsp3) is 0.133. The molecule has 0 spiro atoms. The number of benzene rings is 1. The van der Waals surface area contributed by atoms with E-state index in [9.17, 15) is 10.1 Å². The van der Waals surface area contributed by atoms with Crippen molar-refractivity contribution < 1.29 is 4.92 Å². The first-order chi connectivity index (χ1) is 10.7. The summed E-state index contributed by atoms with van der Waals surface area (Å²) in [5.74, 6) is 0.712. The molecule has 0 saturated heterocycles. The van der Waals surface area contributed by atoms with Gasteiger partial charge >= 0.3 is 0 Å². The normalized spacial score (nSPS) is 10.5. The third-order valence-electron chi connectivity index (χ3n) is 3.24. The summed E-state index contributed by atoms with van der Waals surface area (Å²) in [6.07, 6.45) is 3.81. The molecule has 0 atom stereocenters. The third-order valence-corrected chi connectivity index (χ3v) is 3.24. The maximum Gasteiger partial charge on any atom is 0.269 e. The van der Waals surface area contributed by atoms with Gasteiger partial charge in [-0.05, 0) is 24.1 Å². The number of nitro groups is 1. The van der Waals surface area contributed by atoms with Crippen LogP contribution in [0.1, 0.15) is 5.56 Å². The molecule has 1 aromatic carbocycles. The molecule has 7 heteroatoms. The summed E-state index contributed by atoms with van der Waals surface area (Å²) in [7, 11) is 0. The SMILES string of the molecule is O=[N+]([O-])c1cccc(CCNc2ncnc3ncccc23)c1. The summed E-state index contributed by atoms with van der Waals surface area (Å²) in [6, 6.07) is 10.4. The van der Waals surface area contributed by atoms with Gasteiger partial charge in [0.15, 0.2) is 5.65 Å². The van der Waals surface area contributed by atoms with Crippen LogP contribution in [0.4, 0.5) is 11.5 Å². The lowest BCUT2D eigenvalue weighted by atomic mass is 10.1. The number of anilines is 1. The molecule has 110 valence electrons. The van der Waals surface area contributed by atoms with E-state index in [2.05, 4.69) is 20.3 Å². The Bertz CT molecular complexity index is 816. The Morgan fingerprint density at radius 1 is 1.14 bits per heavy atom. The molecule has 0 aliphatic carbocycles. The lowest BCUT2D eigenvalue weighted by molar-refractivity contribution is -0.384. The van der Waals surface area contributed by atoms with Gasteiger partial charge < -0.3 is 5.32 Å². The van der Waals surface area contributed by atoms with Gasteiger partial charge in [0.1, 0.15) is 12.1 Å². The van der Waals surface area contributed by atoms with Crippen molar-refractivity contribution in [2.24, 2.45) is 0 Å². The lowest BCUT2D eigenvalue weighted by Gasteiger charge is -2.07. The van der Waals surface area contributed by atoms with Gasteiger partial charge in [0.25, 0.3) is 5.69 Å². The maximum absolute atomic E-state index is 10.8. The first-order valence-corrected chi connectivity index (χ1v) is 6.77. The number of nitrogens with zero attached hydrogens (tertiary/aromatic N) is 4. The number of pyridine rings is 1. The zero-order chi connectivity index (χ0) is 15.4. The molecule has 7 nitrogen and oxygen atoms in total. The Morgan fingerprint density at radius 2 is 2.05 bits per heavy atom. The molecular formula is C15H13N5O2. The molecule has 0 saturated carbocycles. The Labute approximate surface area is 126 Å². The summed E-state index contributed by atoms with van der Waals surface area (Å²) < 4.78 is 0. The van der Waals surface area contributed by atoms with Crippen molar-refractivity contribution in [2.75, 3.05) is 11.9 Å². The molecular weight excluding hydrogens is 282 g/mol. The highest BCUT2D eigenvalue weighted by Crippen LogP contribution is 2.17. The van der Waals surface area contributed by atoms with Gasteiger partial charge in [-0.3, -0.25) is 10.1 Å². The second-order valence-corrected chi connectivity index (χ2v) is 4.70. The van der Waals surface area contributed by atoms with Crippen molar-refractivity contribution in [1.29, 1.82) is 0 Å². The van der Waals surface area contributed by atoms with Crippen LogP contribution in [-0.2, 0) is 6.42 Å². The largest absolute Gasteiger partial charge is 0.369 e. The molecule has 0 aliphatic heterocycles. The monoisotopic (exact) mass is 295 g/mol. The van der Waals surface area contributed by atoms with E-state index in [1.165, 1.54) is 12.4 Å². The Kier molecular flexibility index (Phi) is 3.86. The Hall–Kier alpha value is -3.09. The van der Waals surface area contributed by atoms with Crippen LogP contribution in [-0.4, -0.2) is 26.4 Å². The smallest absolute Gasteiger partial charge is 0.269 e. The summed E-state index contributed by atoms with van der Waals surface area (Å²) in [5, 5.41) is 14.8. The van der Waals surface area contributed by atoms with Crippen molar-refractivity contribution in [3.8, 4) is 0 Å². The molecule has 1 N–H and O–H groups in total. The van der Waals surface area contributed by atoms with Crippen LogP contribution in [0.25, 0.3) is 11.0 Å². The number of hydrogen-bond donors (Lipinski definition) is 1. The van der Waals surface area contributed by atoms with E-state index in [0.717, 1.165) is 10.9 Å². The molecule has 2 heterocycles. The highest BCUT2D eigenvalue weighted by Gasteiger charge is 2.06. The summed E-state index contributed by atoms with van der Waals surface area (Å²) in [4.78, 5) is 22.9. The summed E-state index contributed by atoms with van der Waals surface area (Å²) in [6.45, 7) is 0.613. The van der Waals surface area contributed by atoms with Crippen LogP contribution in [0.5, 0.6) is 0 Å². The van der Waals surface area contributed by atoms with Gasteiger partial charge in [-0.1, -0.05) is 12.1 Å². The maximum atomic E-state index is 10.8. The summed E-state index contributed by atoms with van der Waals surface area (Å²) in [5.41, 5.74) is 1.64. The van der Waals surface area contributed by atoms with E-state index in [1.54, 1.807) is 18.3 Å². The predicted octanol–water partition coefficient (Wildman–Crippen LogP) is 2.59. The van der Waals surface area contributed by atoms with Gasteiger partial charge in [-0.25, -0.2) is 15.0 Å². The van der Waals surface area contributed by atoms with E-state index in [1.807, 2.05) is 18.2 Å². The standard InChI is InChI=1S/C15H13N5O2/c21-20(22)12-4-1-3-11(9-12)6-8-17-15-13-5-2-7-16-14(13)18-10-19-15/h1-5,7,9-10H,6,8H2,(H,16,17,18,19). The zero-order valence-corrected chi connectivity index (χ0v) is 11.6. The summed E-state index contributed by atoms with van der Waals surface area (Å²) >= 11 is 0. The van der Waals surface area contributed by atoms with Crippen molar-refractivity contribution in [3.05, 3.63) is 64.6 Å². The fourth-order valence-electron chi connectivity index (χ4n) is 2.19. The van der Waals surface area contributed by atoms with E-state index < -0.39 is 0 Å². The van der Waals surface area contributed by atoms with Crippen molar-refractivity contribution in [3.63, 3.8) is 0 Å². The first kappa shape index (κ1) is 13.9. The van der Waals surface area contributed by atoms with Crippen LogP contribution in [0.15, 0.2) is 48.9 Å². The van der Waals surface area contributed by atoms with Crippen LogP contribution in [0.3, 0.4) is 0 Å². The van der Waals surface area contributed by atoms with Crippen LogP contribution in [0.2, 0.25) is 0 Å². The number of nitrogens with one attached hydrogen (secondary N) is 1. The second-order valence-electron chi connectivity index (χ2n) is 4.70. The number of aromatic nitrogens is 3. The quantitative estimate of drug-likeness (QED) is 0.574. The van der Waals surface area contributed by atoms with E-state index in [-0.39, 0.29) is 10.6 Å². The van der Waals surface area contributed by atoms with Crippen molar-refractivity contribution in [1.82, 2.24) is 15.0 Å². The first-order valence-electron chi connectivity index (χ1n) is 6.77. The van der Waals surface area contributed by atoms with Crippen molar-refractivity contribution >= 4 is 22.5 Å². The van der Waals surface area contributed by atoms with Gasteiger partial charge in [0, 0.05) is 24.9 Å². The molecule has 0 fully saturated rings. The predicted molar refractivity (Wildman–Crippen MR) is 82.6 cm³/mol. The molecule has 0 unspecified atom stereocenters. The highest BCUT2D eigenvalue weighted by atomic mass is 16.6. The topological polar surface area (TPSA) is 93.8 Å².